The van der Waals surface area contributed by atoms with Crippen molar-refractivity contribution in [2.24, 2.45) is 0 Å². The predicted octanol–water partition coefficient (Wildman–Crippen LogP) is 2.67. The summed E-state index contributed by atoms with van der Waals surface area (Å²) in [4.78, 5) is 11.2. The molecule has 0 fully saturated rings. The van der Waals surface area contributed by atoms with E-state index < -0.39 is 0 Å². The van der Waals surface area contributed by atoms with Gasteiger partial charge in [0.2, 0.25) is 0 Å². The lowest BCUT2D eigenvalue weighted by atomic mass is 10.1. The Morgan fingerprint density at radius 3 is 2.86 bits per heavy atom. The number of nitrogens with zero attached hydrogens (tertiary/aromatic N) is 2. The number of hydrogen-bond donors (Lipinski definition) is 0. The third-order valence-corrected chi connectivity index (χ3v) is 2.73. The zero-order chi connectivity index (χ0) is 9.97. The number of carbonyl (C=O) groups is 1. The van der Waals surface area contributed by atoms with Gasteiger partial charge in [-0.05, 0) is 17.6 Å². The van der Waals surface area contributed by atoms with Gasteiger partial charge in [-0.2, -0.15) is 0 Å². The summed E-state index contributed by atoms with van der Waals surface area (Å²) >= 11 is 7.03. The molecule has 5 heteroatoms. The van der Waals surface area contributed by atoms with Gasteiger partial charge in [-0.1, -0.05) is 34.3 Å². The van der Waals surface area contributed by atoms with Crippen LogP contribution in [0.4, 0.5) is 0 Å². The van der Waals surface area contributed by atoms with E-state index in [1.807, 2.05) is 18.2 Å². The first-order chi connectivity index (χ1) is 6.83. The fourth-order valence-corrected chi connectivity index (χ4v) is 1.83. The van der Waals surface area contributed by atoms with E-state index >= 15 is 0 Å². The van der Waals surface area contributed by atoms with Crippen LogP contribution in [0.3, 0.4) is 0 Å². The fourth-order valence-electron chi connectivity index (χ4n) is 1.11. The van der Waals surface area contributed by atoms with Crippen molar-refractivity contribution in [1.29, 1.82) is 0 Å². The van der Waals surface area contributed by atoms with Crippen LogP contribution < -0.4 is 0 Å². The van der Waals surface area contributed by atoms with E-state index in [0.717, 1.165) is 23.4 Å². The Balaban J connectivity index is 2.60. The molecule has 0 saturated carbocycles. The van der Waals surface area contributed by atoms with E-state index in [1.54, 1.807) is 6.07 Å². The van der Waals surface area contributed by atoms with Gasteiger partial charge in [-0.25, -0.2) is 0 Å². The molecule has 0 atom stereocenters. The minimum atomic E-state index is 0.498. The maximum atomic E-state index is 10.7. The summed E-state index contributed by atoms with van der Waals surface area (Å²) in [6.07, 6.45) is 0.739. The van der Waals surface area contributed by atoms with Crippen molar-refractivity contribution in [3.05, 3.63) is 34.2 Å². The van der Waals surface area contributed by atoms with E-state index in [1.165, 1.54) is 0 Å². The number of benzene rings is 1. The van der Waals surface area contributed by atoms with Crippen molar-refractivity contribution < 1.29 is 4.79 Å². The molecule has 0 unspecified atom stereocenters. The molecule has 0 N–H and O–H groups in total. The predicted molar refractivity (Wildman–Crippen MR) is 55.7 cm³/mol. The third kappa shape index (κ3) is 1.54. The van der Waals surface area contributed by atoms with E-state index in [2.05, 4.69) is 9.59 Å². The molecule has 2 aromatic rings. The van der Waals surface area contributed by atoms with Gasteiger partial charge < -0.3 is 0 Å². The van der Waals surface area contributed by atoms with Gasteiger partial charge in [0, 0.05) is 5.56 Å². The molecule has 0 spiro atoms. The van der Waals surface area contributed by atoms with Crippen molar-refractivity contribution in [2.45, 2.75) is 0 Å². The number of carbonyl (C=O) groups excluding carboxylic acids is 1. The zero-order valence-corrected chi connectivity index (χ0v) is 8.55. The number of aldehydes is 1. The highest BCUT2D eigenvalue weighted by Gasteiger charge is 2.11. The molecule has 1 aromatic carbocycles. The number of aromatic nitrogens is 2. The summed E-state index contributed by atoms with van der Waals surface area (Å²) in [5.74, 6) is 0. The average Bonchev–Trinajstić information content (AvgIpc) is 2.66. The Labute approximate surface area is 89.5 Å². The second-order valence-corrected chi connectivity index (χ2v) is 3.78. The van der Waals surface area contributed by atoms with Crippen LogP contribution in [-0.4, -0.2) is 15.9 Å². The van der Waals surface area contributed by atoms with Crippen LogP contribution in [0, 0.1) is 0 Å². The Morgan fingerprint density at radius 2 is 2.14 bits per heavy atom. The number of hydrogen-bond acceptors (Lipinski definition) is 4. The normalized spacial score (nSPS) is 10.1. The molecule has 2 rings (SSSR count). The molecule has 3 nitrogen and oxygen atoms in total. The summed E-state index contributed by atoms with van der Waals surface area (Å²) in [5.41, 5.74) is 1.29. The molecule has 0 bridgehead atoms. The standard InChI is InChI=1S/C9H5ClN2OS/c10-7-4-2-1-3-6(7)9-8(5-13)14-12-11-9/h1-5H. The summed E-state index contributed by atoms with van der Waals surface area (Å²) in [6, 6.07) is 7.23. The van der Waals surface area contributed by atoms with E-state index in [-0.39, 0.29) is 0 Å². The van der Waals surface area contributed by atoms with Crippen LogP contribution in [0.25, 0.3) is 11.3 Å². The lowest BCUT2D eigenvalue weighted by molar-refractivity contribution is 0.112. The van der Waals surface area contributed by atoms with Crippen molar-refractivity contribution in [3.63, 3.8) is 0 Å². The van der Waals surface area contributed by atoms with Gasteiger partial charge >= 0.3 is 0 Å². The molecular weight excluding hydrogens is 220 g/mol. The summed E-state index contributed by atoms with van der Waals surface area (Å²) in [6.45, 7) is 0. The SMILES string of the molecule is O=Cc1snnc1-c1ccccc1Cl. The Hall–Kier alpha value is -1.26. The average molecular weight is 225 g/mol. The lowest BCUT2D eigenvalue weighted by Gasteiger charge is -1.98. The molecule has 70 valence electrons. The molecule has 0 aliphatic heterocycles. The quantitative estimate of drug-likeness (QED) is 0.737. The Bertz CT molecular complexity index is 469. The van der Waals surface area contributed by atoms with Crippen LogP contribution in [0.2, 0.25) is 5.02 Å². The largest absolute Gasteiger partial charge is 0.297 e. The molecular formula is C9H5ClN2OS. The topological polar surface area (TPSA) is 42.9 Å². The molecule has 0 amide bonds. The highest BCUT2D eigenvalue weighted by atomic mass is 35.5. The first kappa shape index (κ1) is 9.30. The fraction of sp³-hybridized carbons (Fsp3) is 0. The van der Waals surface area contributed by atoms with E-state index in [4.69, 9.17) is 11.6 Å². The van der Waals surface area contributed by atoms with Gasteiger partial charge in [-0.3, -0.25) is 4.79 Å². The molecule has 0 saturated heterocycles. The molecule has 1 aromatic heterocycles. The van der Waals surface area contributed by atoms with Crippen LogP contribution in [0.5, 0.6) is 0 Å². The van der Waals surface area contributed by atoms with Gasteiger partial charge in [0.05, 0.1) is 5.02 Å². The maximum Gasteiger partial charge on any atom is 0.163 e. The summed E-state index contributed by atoms with van der Waals surface area (Å²) < 4.78 is 3.71. The monoisotopic (exact) mass is 224 g/mol. The number of halogens is 1. The van der Waals surface area contributed by atoms with Crippen molar-refractivity contribution in [2.75, 3.05) is 0 Å². The molecule has 14 heavy (non-hydrogen) atoms. The van der Waals surface area contributed by atoms with Crippen LogP contribution >= 0.6 is 23.1 Å². The zero-order valence-electron chi connectivity index (χ0n) is 6.98. The lowest BCUT2D eigenvalue weighted by Crippen LogP contribution is -1.84. The highest BCUT2D eigenvalue weighted by Crippen LogP contribution is 2.28. The second kappa shape index (κ2) is 3.86. The van der Waals surface area contributed by atoms with Crippen LogP contribution in [0.15, 0.2) is 24.3 Å². The first-order valence-corrected chi connectivity index (χ1v) is 5.00. The maximum absolute atomic E-state index is 10.7. The van der Waals surface area contributed by atoms with E-state index in [0.29, 0.717) is 15.6 Å². The van der Waals surface area contributed by atoms with Gasteiger partial charge in [-0.15, -0.1) is 5.10 Å². The van der Waals surface area contributed by atoms with Crippen molar-refractivity contribution in [1.82, 2.24) is 9.59 Å². The van der Waals surface area contributed by atoms with Gasteiger partial charge in [0.15, 0.2) is 6.29 Å². The molecule has 0 aliphatic carbocycles. The number of rotatable bonds is 2. The third-order valence-electron chi connectivity index (χ3n) is 1.75. The van der Waals surface area contributed by atoms with E-state index in [9.17, 15) is 4.79 Å². The Morgan fingerprint density at radius 1 is 1.36 bits per heavy atom. The molecule has 1 heterocycles. The Kier molecular flexibility index (Phi) is 2.56. The molecule has 0 aliphatic rings. The van der Waals surface area contributed by atoms with Gasteiger partial charge in [0.25, 0.3) is 0 Å². The van der Waals surface area contributed by atoms with Gasteiger partial charge in [0.1, 0.15) is 10.6 Å². The summed E-state index contributed by atoms with van der Waals surface area (Å²) in [5, 5.41) is 4.44. The smallest absolute Gasteiger partial charge is 0.163 e. The first-order valence-electron chi connectivity index (χ1n) is 3.85. The van der Waals surface area contributed by atoms with Crippen LogP contribution in [-0.2, 0) is 0 Å². The minimum absolute atomic E-state index is 0.498. The summed E-state index contributed by atoms with van der Waals surface area (Å²) in [7, 11) is 0. The molecule has 0 radical (unpaired) electrons. The minimum Gasteiger partial charge on any atom is -0.297 e. The van der Waals surface area contributed by atoms with Crippen LogP contribution in [0.1, 0.15) is 9.67 Å². The van der Waals surface area contributed by atoms with Crippen molar-refractivity contribution >= 4 is 29.4 Å². The second-order valence-electron chi connectivity index (χ2n) is 2.58. The van der Waals surface area contributed by atoms with Crippen molar-refractivity contribution in [3.8, 4) is 11.3 Å². The highest BCUT2D eigenvalue weighted by molar-refractivity contribution is 7.07.